The molecule has 4 N–H and O–H groups in total. The van der Waals surface area contributed by atoms with E-state index in [0.717, 1.165) is 17.8 Å². The maximum atomic E-state index is 12.9. The third-order valence-corrected chi connectivity index (χ3v) is 4.76. The van der Waals surface area contributed by atoms with Gasteiger partial charge in [-0.1, -0.05) is 23.3 Å². The fraction of sp³-hybridized carbons (Fsp3) is 0.174. The third kappa shape index (κ3) is 4.10. The molecule has 2 heterocycles. The molecule has 4 rings (SSSR count). The van der Waals surface area contributed by atoms with Gasteiger partial charge in [0.2, 0.25) is 0 Å². The molecule has 0 aliphatic heterocycles. The van der Waals surface area contributed by atoms with Crippen molar-refractivity contribution in [1.82, 2.24) is 19.9 Å². The Morgan fingerprint density at radius 2 is 1.83 bits per heavy atom. The molecule has 0 bridgehead atoms. The summed E-state index contributed by atoms with van der Waals surface area (Å²) in [6.07, 6.45) is 5.02. The van der Waals surface area contributed by atoms with Crippen LogP contribution in [0.1, 0.15) is 43.4 Å². The van der Waals surface area contributed by atoms with Gasteiger partial charge in [0.15, 0.2) is 0 Å². The summed E-state index contributed by atoms with van der Waals surface area (Å²) in [7, 11) is 0. The number of imidazole rings is 2. The number of aromatic amines is 3. The van der Waals surface area contributed by atoms with Crippen LogP contribution in [0.4, 0.5) is 5.69 Å². The first-order valence-electron chi connectivity index (χ1n) is 9.72. The Kier molecular flexibility index (Phi) is 5.10. The number of rotatable bonds is 5. The van der Waals surface area contributed by atoms with Gasteiger partial charge in [0, 0.05) is 5.69 Å². The van der Waals surface area contributed by atoms with Gasteiger partial charge < -0.3 is 20.3 Å². The zero-order valence-electron chi connectivity index (χ0n) is 17.1. The summed E-state index contributed by atoms with van der Waals surface area (Å²) < 4.78 is 0. The molecule has 0 radical (unpaired) electrons. The van der Waals surface area contributed by atoms with Crippen molar-refractivity contribution >= 4 is 39.7 Å². The number of nitrogens with zero attached hydrogens (tertiary/aromatic N) is 1. The predicted octanol–water partition coefficient (Wildman–Crippen LogP) is 4.74. The lowest BCUT2D eigenvalue weighted by Crippen LogP contribution is -2.12. The highest BCUT2D eigenvalue weighted by atomic mass is 16.2. The molecular weight excluding hydrogens is 378 g/mol. The van der Waals surface area contributed by atoms with E-state index in [4.69, 9.17) is 0 Å². The van der Waals surface area contributed by atoms with Gasteiger partial charge >= 0.3 is 5.69 Å². The molecule has 0 spiro atoms. The van der Waals surface area contributed by atoms with Crippen LogP contribution in [0.5, 0.6) is 0 Å². The number of aromatic nitrogens is 4. The minimum absolute atomic E-state index is 0.263. The molecule has 1 amide bonds. The minimum atomic E-state index is -0.282. The molecule has 0 aliphatic rings. The molecule has 7 heteroatoms. The van der Waals surface area contributed by atoms with Crippen LogP contribution >= 0.6 is 0 Å². The number of para-hydroxylation sites is 1. The van der Waals surface area contributed by atoms with Crippen LogP contribution in [0.25, 0.3) is 28.1 Å². The van der Waals surface area contributed by atoms with Crippen molar-refractivity contribution in [3.05, 3.63) is 75.5 Å². The molecule has 0 unspecified atom stereocenters. The number of hydrogen-bond donors (Lipinski definition) is 4. The standard InChI is InChI=1S/C23H23N5O2/c1-13(2)7-8-14(3)11-20-25-18-6-4-5-16(21(18)28-20)22(29)24-15-9-10-17-19(12-15)27-23(30)26-17/h4-7,9-12H,8H2,1-3H3,(H,24,29)(H,25,28)(H2,26,27,30)/b14-11+. The van der Waals surface area contributed by atoms with E-state index < -0.39 is 0 Å². The van der Waals surface area contributed by atoms with E-state index in [1.165, 1.54) is 11.1 Å². The van der Waals surface area contributed by atoms with Crippen molar-refractivity contribution in [2.75, 3.05) is 5.32 Å². The van der Waals surface area contributed by atoms with Crippen molar-refractivity contribution < 1.29 is 4.79 Å². The Balaban J connectivity index is 1.62. The van der Waals surface area contributed by atoms with Gasteiger partial charge in [0.25, 0.3) is 5.91 Å². The van der Waals surface area contributed by atoms with E-state index in [0.29, 0.717) is 27.8 Å². The molecule has 4 aromatic rings. The Bertz CT molecular complexity index is 1360. The van der Waals surface area contributed by atoms with Crippen LogP contribution in [0.2, 0.25) is 0 Å². The molecule has 7 nitrogen and oxygen atoms in total. The predicted molar refractivity (Wildman–Crippen MR) is 121 cm³/mol. The summed E-state index contributed by atoms with van der Waals surface area (Å²) in [5.41, 5.74) is 5.98. The summed E-state index contributed by atoms with van der Waals surface area (Å²) in [5, 5.41) is 2.88. The molecule has 2 aromatic heterocycles. The lowest BCUT2D eigenvalue weighted by Gasteiger charge is -2.06. The average molecular weight is 401 g/mol. The lowest BCUT2D eigenvalue weighted by atomic mass is 10.1. The Morgan fingerprint density at radius 1 is 1.03 bits per heavy atom. The van der Waals surface area contributed by atoms with E-state index >= 15 is 0 Å². The number of amides is 1. The van der Waals surface area contributed by atoms with Gasteiger partial charge in [0.05, 0.1) is 22.1 Å². The molecular formula is C23H23N5O2. The molecule has 2 aromatic carbocycles. The second kappa shape index (κ2) is 7.87. The summed E-state index contributed by atoms with van der Waals surface area (Å²) >= 11 is 0. The second-order valence-corrected chi connectivity index (χ2v) is 7.59. The van der Waals surface area contributed by atoms with Crippen LogP contribution < -0.4 is 11.0 Å². The van der Waals surface area contributed by atoms with Gasteiger partial charge in [-0.15, -0.1) is 0 Å². The van der Waals surface area contributed by atoms with Crippen molar-refractivity contribution in [2.45, 2.75) is 27.2 Å². The topological polar surface area (TPSA) is 106 Å². The van der Waals surface area contributed by atoms with E-state index in [1.54, 1.807) is 24.3 Å². The molecule has 0 aliphatic carbocycles. The first-order chi connectivity index (χ1) is 14.4. The first-order valence-corrected chi connectivity index (χ1v) is 9.72. The lowest BCUT2D eigenvalue weighted by molar-refractivity contribution is 0.102. The fourth-order valence-corrected chi connectivity index (χ4v) is 3.27. The number of allylic oxidation sites excluding steroid dienone is 3. The summed E-state index contributed by atoms with van der Waals surface area (Å²) in [4.78, 5) is 37.6. The van der Waals surface area contributed by atoms with Gasteiger partial charge in [-0.25, -0.2) is 9.78 Å². The highest BCUT2D eigenvalue weighted by Crippen LogP contribution is 2.21. The maximum Gasteiger partial charge on any atom is 0.323 e. The summed E-state index contributed by atoms with van der Waals surface area (Å²) in [6.45, 7) is 6.21. The van der Waals surface area contributed by atoms with Crippen molar-refractivity contribution in [1.29, 1.82) is 0 Å². The van der Waals surface area contributed by atoms with Crippen molar-refractivity contribution in [3.8, 4) is 0 Å². The Hall–Kier alpha value is -3.87. The van der Waals surface area contributed by atoms with E-state index in [2.05, 4.69) is 52.1 Å². The average Bonchev–Trinajstić information content (AvgIpc) is 3.27. The Labute approximate surface area is 172 Å². The SMILES string of the molecule is CC(C)=CC/C(C)=C/c1nc2c(C(=O)Nc3ccc4[nH]c(=O)[nH]c4c3)cccc2[nH]1. The van der Waals surface area contributed by atoms with E-state index in [1.807, 2.05) is 18.2 Å². The van der Waals surface area contributed by atoms with Gasteiger partial charge in [0.1, 0.15) is 11.3 Å². The first kappa shape index (κ1) is 19.4. The number of benzene rings is 2. The molecule has 0 fully saturated rings. The molecule has 0 atom stereocenters. The van der Waals surface area contributed by atoms with E-state index in [9.17, 15) is 9.59 Å². The number of carbonyl (C=O) groups is 1. The molecule has 0 saturated carbocycles. The number of H-pyrrole nitrogens is 3. The quantitative estimate of drug-likeness (QED) is 0.363. The van der Waals surface area contributed by atoms with Crippen LogP contribution in [-0.2, 0) is 0 Å². The van der Waals surface area contributed by atoms with Gasteiger partial charge in [-0.05, 0) is 63.6 Å². The van der Waals surface area contributed by atoms with Crippen LogP contribution in [0, 0.1) is 0 Å². The largest absolute Gasteiger partial charge is 0.338 e. The summed E-state index contributed by atoms with van der Waals surface area (Å²) in [5.74, 6) is 0.456. The van der Waals surface area contributed by atoms with Crippen LogP contribution in [-0.4, -0.2) is 25.8 Å². The fourth-order valence-electron chi connectivity index (χ4n) is 3.27. The smallest absolute Gasteiger partial charge is 0.323 e. The molecule has 30 heavy (non-hydrogen) atoms. The van der Waals surface area contributed by atoms with Crippen LogP contribution in [0.15, 0.2) is 58.4 Å². The number of carbonyl (C=O) groups excluding carboxylic acids is 1. The second-order valence-electron chi connectivity index (χ2n) is 7.59. The normalized spacial score (nSPS) is 11.8. The Morgan fingerprint density at radius 3 is 2.63 bits per heavy atom. The van der Waals surface area contributed by atoms with Crippen molar-refractivity contribution in [3.63, 3.8) is 0 Å². The highest BCUT2D eigenvalue weighted by Gasteiger charge is 2.14. The number of fused-ring (bicyclic) bond motifs is 2. The maximum absolute atomic E-state index is 12.9. The van der Waals surface area contributed by atoms with Gasteiger partial charge in [-0.3, -0.25) is 4.79 Å². The number of nitrogens with one attached hydrogen (secondary N) is 4. The van der Waals surface area contributed by atoms with Crippen LogP contribution in [0.3, 0.4) is 0 Å². The van der Waals surface area contributed by atoms with E-state index in [-0.39, 0.29) is 11.6 Å². The molecule has 152 valence electrons. The number of hydrogen-bond acceptors (Lipinski definition) is 3. The zero-order chi connectivity index (χ0) is 21.3. The highest BCUT2D eigenvalue weighted by molar-refractivity contribution is 6.12. The number of anilines is 1. The third-order valence-electron chi connectivity index (χ3n) is 4.76. The monoisotopic (exact) mass is 401 g/mol. The van der Waals surface area contributed by atoms with Crippen molar-refractivity contribution in [2.24, 2.45) is 0 Å². The van der Waals surface area contributed by atoms with Gasteiger partial charge in [-0.2, -0.15) is 0 Å². The minimum Gasteiger partial charge on any atom is -0.338 e. The molecule has 0 saturated heterocycles. The summed E-state index contributed by atoms with van der Waals surface area (Å²) in [6, 6.07) is 10.7. The zero-order valence-corrected chi connectivity index (χ0v) is 17.1.